The third kappa shape index (κ3) is 7.46. The van der Waals surface area contributed by atoms with Crippen LogP contribution in [0.5, 0.6) is 0 Å². The maximum absolute atomic E-state index is 13.5. The third-order valence-corrected chi connectivity index (χ3v) is 12.2. The summed E-state index contributed by atoms with van der Waals surface area (Å²) in [6.07, 6.45) is 14.4. The zero-order valence-electron chi connectivity index (χ0n) is 35.1. The Balaban J connectivity index is 0.954. The number of anilines is 3. The zero-order valence-corrected chi connectivity index (χ0v) is 35.1. The number of hydrogen-bond acceptors (Lipinski definition) is 6. The number of unbranched alkanes of at least 4 members (excludes halogenated alkanes) is 3. The number of para-hydroxylation sites is 3. The number of benzene rings is 4. The van der Waals surface area contributed by atoms with Crippen molar-refractivity contribution in [1.29, 1.82) is 0 Å². The minimum Gasteiger partial charge on any atom is -0.344 e. The van der Waals surface area contributed by atoms with Crippen molar-refractivity contribution in [3.8, 4) is 0 Å². The first-order valence-electron chi connectivity index (χ1n) is 20.9. The lowest BCUT2D eigenvalue weighted by Crippen LogP contribution is -2.27. The SMILES string of the molecule is CC1=NC(=C\c2ccccc2)/C(=O)/C1=C/C=C1/N(CCCCCCN2/C(=C/C=C3/C(=O)N(c4ccccc4)N=C3C)C(C)(C)c3ccccc32)c2ccccc2C1(C)C. The highest BCUT2D eigenvalue weighted by Crippen LogP contribution is 2.49. The summed E-state index contributed by atoms with van der Waals surface area (Å²) in [5.41, 5.74) is 12.0. The van der Waals surface area contributed by atoms with Gasteiger partial charge in [0.25, 0.3) is 5.91 Å². The average molecular weight is 780 g/mol. The van der Waals surface area contributed by atoms with Crippen molar-refractivity contribution in [2.75, 3.05) is 27.9 Å². The van der Waals surface area contributed by atoms with Crippen molar-refractivity contribution in [2.45, 2.75) is 78.1 Å². The van der Waals surface area contributed by atoms with Gasteiger partial charge in [-0.2, -0.15) is 10.1 Å². The molecule has 0 spiro atoms. The molecule has 298 valence electrons. The van der Waals surface area contributed by atoms with Gasteiger partial charge in [-0.1, -0.05) is 125 Å². The minimum atomic E-state index is -0.222. The van der Waals surface area contributed by atoms with Crippen LogP contribution in [0.1, 0.15) is 83.9 Å². The molecule has 0 N–H and O–H groups in total. The smallest absolute Gasteiger partial charge is 0.280 e. The van der Waals surface area contributed by atoms with Crippen molar-refractivity contribution in [3.63, 3.8) is 0 Å². The highest BCUT2D eigenvalue weighted by atomic mass is 16.2. The van der Waals surface area contributed by atoms with Crippen LogP contribution in [0.25, 0.3) is 6.08 Å². The van der Waals surface area contributed by atoms with E-state index in [9.17, 15) is 9.59 Å². The lowest BCUT2D eigenvalue weighted by atomic mass is 9.83. The molecule has 0 aliphatic carbocycles. The molecule has 0 radical (unpaired) electrons. The highest BCUT2D eigenvalue weighted by molar-refractivity contribution is 6.33. The molecule has 4 heterocycles. The number of nitrogens with zero attached hydrogens (tertiary/aromatic N) is 5. The van der Waals surface area contributed by atoms with Gasteiger partial charge in [0, 0.05) is 58.0 Å². The Bertz CT molecular complexity index is 2520. The molecule has 0 bridgehead atoms. The summed E-state index contributed by atoms with van der Waals surface area (Å²) in [5, 5.41) is 6.10. The number of fused-ring (bicyclic) bond motifs is 2. The summed E-state index contributed by atoms with van der Waals surface area (Å²) in [5.74, 6) is -0.141. The van der Waals surface area contributed by atoms with E-state index < -0.39 is 0 Å². The van der Waals surface area contributed by atoms with Gasteiger partial charge in [-0.25, -0.2) is 4.99 Å². The Morgan fingerprint density at radius 2 is 1.05 bits per heavy atom. The fourth-order valence-electron chi connectivity index (χ4n) is 9.03. The molecule has 7 nitrogen and oxygen atoms in total. The Morgan fingerprint density at radius 3 is 1.61 bits per heavy atom. The average Bonchev–Trinajstić information content (AvgIpc) is 3.83. The number of allylic oxidation sites excluding steroid dienone is 7. The number of carbonyl (C=O) groups excluding carboxylic acids is 2. The molecule has 0 fully saturated rings. The summed E-state index contributed by atoms with van der Waals surface area (Å²) >= 11 is 0. The van der Waals surface area contributed by atoms with E-state index in [1.54, 1.807) is 0 Å². The molecule has 59 heavy (non-hydrogen) atoms. The molecule has 0 unspecified atom stereocenters. The number of aliphatic imine (C=N–C) groups is 1. The van der Waals surface area contributed by atoms with Crippen molar-refractivity contribution >= 4 is 46.3 Å². The number of Topliss-reactive ketones (excluding diaryl/α,β-unsaturated/α-hetero) is 1. The van der Waals surface area contributed by atoms with Gasteiger partial charge < -0.3 is 9.80 Å². The minimum absolute atomic E-state index is 0.0348. The van der Waals surface area contributed by atoms with Gasteiger partial charge >= 0.3 is 0 Å². The van der Waals surface area contributed by atoms with E-state index in [0.717, 1.165) is 61.4 Å². The molecule has 4 aromatic carbocycles. The van der Waals surface area contributed by atoms with E-state index >= 15 is 0 Å². The molecule has 1 amide bonds. The number of hydrazone groups is 1. The topological polar surface area (TPSA) is 68.6 Å². The molecule has 0 saturated heterocycles. The largest absolute Gasteiger partial charge is 0.344 e. The molecule has 8 rings (SSSR count). The van der Waals surface area contributed by atoms with Crippen LogP contribution in [0, 0.1) is 0 Å². The fraction of sp³-hybridized carbons (Fsp3) is 0.269. The van der Waals surface area contributed by atoms with Gasteiger partial charge in [0.05, 0.1) is 17.0 Å². The first-order chi connectivity index (χ1) is 28.5. The van der Waals surface area contributed by atoms with Crippen molar-refractivity contribution in [1.82, 2.24) is 0 Å². The zero-order chi connectivity index (χ0) is 41.3. The standard InChI is InChI=1S/C52H53N5O2/c1-36-40(49(58)44(53-36)35-38-21-11-9-12-22-38)29-31-47-51(3,4)42-25-15-17-27-45(42)55(47)33-19-7-8-20-34-56-46-28-18-16-26-43(46)52(5,6)48(56)32-30-41-37(2)54-57(50(41)59)39-23-13-10-14-24-39/h9-18,21-32,35H,7-8,19-20,33-34H2,1-6H3/b40-29+,41-30+,44-35-,47-31+,48-32+. The van der Waals surface area contributed by atoms with Crippen LogP contribution in [-0.4, -0.2) is 36.2 Å². The molecular weight excluding hydrogens is 727 g/mol. The highest BCUT2D eigenvalue weighted by Gasteiger charge is 2.41. The van der Waals surface area contributed by atoms with E-state index in [2.05, 4.69) is 108 Å². The molecule has 0 atom stereocenters. The van der Waals surface area contributed by atoms with Crippen LogP contribution in [0.15, 0.2) is 172 Å². The van der Waals surface area contributed by atoms with Gasteiger partial charge in [0.1, 0.15) is 5.70 Å². The monoisotopic (exact) mass is 779 g/mol. The van der Waals surface area contributed by atoms with Crippen molar-refractivity contribution in [3.05, 3.63) is 178 Å². The third-order valence-electron chi connectivity index (χ3n) is 12.2. The van der Waals surface area contributed by atoms with Crippen molar-refractivity contribution in [2.24, 2.45) is 10.1 Å². The van der Waals surface area contributed by atoms with Crippen LogP contribution in [0.4, 0.5) is 17.1 Å². The summed E-state index contributed by atoms with van der Waals surface area (Å²) in [4.78, 5) is 36.6. The molecular formula is C52H53N5O2. The molecule has 7 heteroatoms. The maximum Gasteiger partial charge on any atom is 0.280 e. The van der Waals surface area contributed by atoms with Gasteiger partial charge in [0.2, 0.25) is 5.78 Å². The first-order valence-corrected chi connectivity index (χ1v) is 20.9. The Hall–Kier alpha value is -6.34. The lowest BCUT2D eigenvalue weighted by molar-refractivity contribution is -0.114. The molecule has 0 aromatic heterocycles. The van der Waals surface area contributed by atoms with Crippen LogP contribution < -0.4 is 14.8 Å². The van der Waals surface area contributed by atoms with Gasteiger partial charge in [0.15, 0.2) is 0 Å². The van der Waals surface area contributed by atoms with Crippen molar-refractivity contribution < 1.29 is 9.59 Å². The van der Waals surface area contributed by atoms with Crippen LogP contribution in [0.2, 0.25) is 0 Å². The number of carbonyl (C=O) groups is 2. The lowest BCUT2D eigenvalue weighted by Gasteiger charge is -2.28. The Morgan fingerprint density at radius 1 is 0.559 bits per heavy atom. The van der Waals surface area contributed by atoms with Gasteiger partial charge in [-0.05, 0) is 98.0 Å². The number of amides is 1. The summed E-state index contributed by atoms with van der Waals surface area (Å²) in [7, 11) is 0. The normalized spacial score (nSPS) is 21.4. The molecule has 4 aliphatic heterocycles. The second kappa shape index (κ2) is 16.1. The van der Waals surface area contributed by atoms with Crippen LogP contribution in [0.3, 0.4) is 0 Å². The summed E-state index contributed by atoms with van der Waals surface area (Å²) in [6, 6.07) is 36.9. The molecule has 4 aromatic rings. The predicted octanol–water partition coefficient (Wildman–Crippen LogP) is 11.3. The summed E-state index contributed by atoms with van der Waals surface area (Å²) in [6.45, 7) is 14.7. The van der Waals surface area contributed by atoms with Crippen LogP contribution in [-0.2, 0) is 20.4 Å². The fourth-order valence-corrected chi connectivity index (χ4v) is 9.03. The van der Waals surface area contributed by atoms with Gasteiger partial charge in [-0.3, -0.25) is 9.59 Å². The van der Waals surface area contributed by atoms with Gasteiger partial charge in [-0.15, -0.1) is 0 Å². The number of ketones is 1. The number of rotatable bonds is 11. The molecule has 4 aliphatic rings. The second-order valence-corrected chi connectivity index (χ2v) is 16.9. The second-order valence-electron chi connectivity index (χ2n) is 16.9. The van der Waals surface area contributed by atoms with E-state index in [4.69, 9.17) is 0 Å². The summed E-state index contributed by atoms with van der Waals surface area (Å²) < 4.78 is 0. The maximum atomic E-state index is 13.5. The van der Waals surface area contributed by atoms with E-state index in [1.807, 2.05) is 92.7 Å². The van der Waals surface area contributed by atoms with E-state index in [0.29, 0.717) is 16.8 Å². The van der Waals surface area contributed by atoms with E-state index in [-0.39, 0.29) is 22.5 Å². The molecule has 0 saturated carbocycles. The first kappa shape index (κ1) is 39.5. The predicted molar refractivity (Wildman–Crippen MR) is 244 cm³/mol. The van der Waals surface area contributed by atoms with Crippen LogP contribution >= 0.6 is 0 Å². The Kier molecular flexibility index (Phi) is 10.8. The quantitative estimate of drug-likeness (QED) is 0.112. The Labute approximate surface area is 349 Å². The number of hydrogen-bond donors (Lipinski definition) is 0. The van der Waals surface area contributed by atoms with E-state index in [1.165, 1.54) is 38.9 Å².